The van der Waals surface area contributed by atoms with Gasteiger partial charge in [-0.05, 0) is 43.5 Å². The molecule has 0 bridgehead atoms. The zero-order valence-electron chi connectivity index (χ0n) is 14.3. The lowest BCUT2D eigenvalue weighted by molar-refractivity contribution is -0.0177. The van der Waals surface area contributed by atoms with Crippen LogP contribution in [0.4, 0.5) is 0 Å². The van der Waals surface area contributed by atoms with Gasteiger partial charge in [0.25, 0.3) is 5.91 Å². The highest BCUT2D eigenvalue weighted by Gasteiger charge is 2.42. The van der Waals surface area contributed by atoms with E-state index in [1.54, 1.807) is 31.1 Å². The standard InChI is InChI=1S/C19H22N2O4/c1-19(24,14-5-7-16(25-2)8-6-14)17-4-3-9-21(17)18(23)13-10-15(22)12-20-11-13/h5-8,10-12,17,22,24H,3-4,9H2,1-2H3/t17-,19+/m0/s1. The number of carbonyl (C=O) groups excluding carboxylic acids is 1. The number of nitrogens with zero attached hydrogens (tertiary/aromatic N) is 2. The third-order valence-electron chi connectivity index (χ3n) is 4.81. The first kappa shape index (κ1) is 17.2. The molecule has 0 unspecified atom stereocenters. The number of amides is 1. The molecule has 2 N–H and O–H groups in total. The molecule has 1 fully saturated rings. The van der Waals surface area contributed by atoms with Crippen LogP contribution in [0.5, 0.6) is 11.5 Å². The van der Waals surface area contributed by atoms with Crippen LogP contribution in [0.15, 0.2) is 42.7 Å². The number of methoxy groups -OCH3 is 1. The van der Waals surface area contributed by atoms with Gasteiger partial charge in [-0.3, -0.25) is 9.78 Å². The van der Waals surface area contributed by atoms with E-state index in [1.165, 1.54) is 18.5 Å². The molecule has 25 heavy (non-hydrogen) atoms. The van der Waals surface area contributed by atoms with Crippen LogP contribution in [0.3, 0.4) is 0 Å². The van der Waals surface area contributed by atoms with Gasteiger partial charge >= 0.3 is 0 Å². The van der Waals surface area contributed by atoms with Crippen LogP contribution in [-0.2, 0) is 5.60 Å². The third kappa shape index (κ3) is 3.30. The SMILES string of the molecule is COc1ccc([C@@](C)(O)[C@@H]2CCCN2C(=O)c2cncc(O)c2)cc1. The van der Waals surface area contributed by atoms with E-state index in [9.17, 15) is 15.0 Å². The first-order valence-corrected chi connectivity index (χ1v) is 8.25. The highest BCUT2D eigenvalue weighted by atomic mass is 16.5. The summed E-state index contributed by atoms with van der Waals surface area (Å²) in [5, 5.41) is 20.7. The fourth-order valence-electron chi connectivity index (χ4n) is 3.43. The van der Waals surface area contributed by atoms with E-state index in [2.05, 4.69) is 4.98 Å². The van der Waals surface area contributed by atoms with E-state index in [-0.39, 0.29) is 17.7 Å². The molecule has 1 aromatic heterocycles. The number of hydrogen-bond donors (Lipinski definition) is 2. The quantitative estimate of drug-likeness (QED) is 0.891. The third-order valence-corrected chi connectivity index (χ3v) is 4.81. The Morgan fingerprint density at radius 3 is 2.68 bits per heavy atom. The summed E-state index contributed by atoms with van der Waals surface area (Å²) in [6, 6.07) is 8.27. The molecule has 1 aliphatic heterocycles. The molecule has 2 heterocycles. The minimum atomic E-state index is -1.19. The van der Waals surface area contributed by atoms with Gasteiger partial charge in [-0.15, -0.1) is 0 Å². The largest absolute Gasteiger partial charge is 0.506 e. The smallest absolute Gasteiger partial charge is 0.255 e. The summed E-state index contributed by atoms with van der Waals surface area (Å²) in [5.74, 6) is 0.424. The maximum Gasteiger partial charge on any atom is 0.255 e. The van der Waals surface area contributed by atoms with Crippen molar-refractivity contribution >= 4 is 5.91 Å². The molecule has 0 aliphatic carbocycles. The Morgan fingerprint density at radius 2 is 2.04 bits per heavy atom. The number of aromatic nitrogens is 1. The fraction of sp³-hybridized carbons (Fsp3) is 0.368. The number of aromatic hydroxyl groups is 1. The number of rotatable bonds is 4. The van der Waals surface area contributed by atoms with Crippen molar-refractivity contribution in [3.63, 3.8) is 0 Å². The molecule has 0 spiro atoms. The molecular formula is C19H22N2O4. The monoisotopic (exact) mass is 342 g/mol. The Bertz CT molecular complexity index is 758. The molecular weight excluding hydrogens is 320 g/mol. The van der Waals surface area contributed by atoms with E-state index in [0.29, 0.717) is 24.3 Å². The van der Waals surface area contributed by atoms with Crippen LogP contribution in [0.1, 0.15) is 35.7 Å². The molecule has 2 aromatic rings. The predicted octanol–water partition coefficient (Wildman–Crippen LogP) is 2.31. The van der Waals surface area contributed by atoms with Crippen LogP contribution in [-0.4, -0.2) is 45.7 Å². The van der Waals surface area contributed by atoms with Gasteiger partial charge in [0.2, 0.25) is 0 Å². The molecule has 6 nitrogen and oxygen atoms in total. The van der Waals surface area contributed by atoms with E-state index in [4.69, 9.17) is 4.74 Å². The first-order chi connectivity index (χ1) is 11.9. The van der Waals surface area contributed by atoms with Gasteiger partial charge < -0.3 is 19.8 Å². The summed E-state index contributed by atoms with van der Waals surface area (Å²) in [7, 11) is 1.59. The normalized spacial score (nSPS) is 19.5. The maximum absolute atomic E-state index is 12.8. The van der Waals surface area contributed by atoms with Gasteiger partial charge in [0.05, 0.1) is 24.9 Å². The number of carbonyl (C=O) groups is 1. The summed E-state index contributed by atoms with van der Waals surface area (Å²) in [6.45, 7) is 2.29. The van der Waals surface area contributed by atoms with Gasteiger partial charge in [-0.1, -0.05) is 12.1 Å². The van der Waals surface area contributed by atoms with Gasteiger partial charge in [0.1, 0.15) is 17.1 Å². The van der Waals surface area contributed by atoms with Gasteiger partial charge in [-0.25, -0.2) is 0 Å². The lowest BCUT2D eigenvalue weighted by atomic mass is 9.86. The van der Waals surface area contributed by atoms with Crippen molar-refractivity contribution in [3.05, 3.63) is 53.9 Å². The van der Waals surface area contributed by atoms with E-state index < -0.39 is 5.60 Å². The predicted molar refractivity (Wildman–Crippen MR) is 92.5 cm³/mol. The number of benzene rings is 1. The fourth-order valence-corrected chi connectivity index (χ4v) is 3.43. The minimum absolute atomic E-state index is 0.0523. The van der Waals surface area contributed by atoms with Crippen molar-refractivity contribution in [1.82, 2.24) is 9.88 Å². The number of ether oxygens (including phenoxy) is 1. The Labute approximate surface area is 146 Å². The summed E-state index contributed by atoms with van der Waals surface area (Å²) in [6.07, 6.45) is 4.23. The Kier molecular flexibility index (Phi) is 4.63. The highest BCUT2D eigenvalue weighted by molar-refractivity contribution is 5.94. The second-order valence-electron chi connectivity index (χ2n) is 6.46. The van der Waals surface area contributed by atoms with E-state index in [1.807, 2.05) is 12.1 Å². The van der Waals surface area contributed by atoms with Crippen molar-refractivity contribution in [2.45, 2.75) is 31.4 Å². The molecule has 1 aromatic carbocycles. The lowest BCUT2D eigenvalue weighted by Crippen LogP contribution is -2.48. The highest BCUT2D eigenvalue weighted by Crippen LogP contribution is 2.36. The Morgan fingerprint density at radius 1 is 1.32 bits per heavy atom. The summed E-state index contributed by atoms with van der Waals surface area (Å²) < 4.78 is 5.16. The van der Waals surface area contributed by atoms with E-state index >= 15 is 0 Å². The van der Waals surface area contributed by atoms with Crippen molar-refractivity contribution < 1.29 is 19.7 Å². The Hall–Kier alpha value is -2.60. The van der Waals surface area contributed by atoms with Crippen LogP contribution >= 0.6 is 0 Å². The molecule has 6 heteroatoms. The number of likely N-dealkylation sites (tertiary alicyclic amines) is 1. The van der Waals surface area contributed by atoms with Crippen molar-refractivity contribution in [1.29, 1.82) is 0 Å². The minimum Gasteiger partial charge on any atom is -0.506 e. The molecule has 2 atom stereocenters. The van der Waals surface area contributed by atoms with Crippen LogP contribution in [0.25, 0.3) is 0 Å². The van der Waals surface area contributed by atoms with Gasteiger partial charge in [0.15, 0.2) is 0 Å². The molecule has 132 valence electrons. The number of hydrogen-bond acceptors (Lipinski definition) is 5. The van der Waals surface area contributed by atoms with Gasteiger partial charge in [0, 0.05) is 12.7 Å². The zero-order valence-corrected chi connectivity index (χ0v) is 14.3. The first-order valence-electron chi connectivity index (χ1n) is 8.25. The molecule has 0 saturated carbocycles. The van der Waals surface area contributed by atoms with Crippen molar-refractivity contribution in [2.24, 2.45) is 0 Å². The second kappa shape index (κ2) is 6.72. The average Bonchev–Trinajstić information content (AvgIpc) is 3.11. The maximum atomic E-state index is 12.8. The average molecular weight is 342 g/mol. The van der Waals surface area contributed by atoms with Crippen molar-refractivity contribution in [2.75, 3.05) is 13.7 Å². The molecule has 1 saturated heterocycles. The molecule has 1 amide bonds. The number of pyridine rings is 1. The molecule has 1 aliphatic rings. The second-order valence-corrected chi connectivity index (χ2v) is 6.46. The Balaban J connectivity index is 1.87. The van der Waals surface area contributed by atoms with Crippen LogP contribution in [0.2, 0.25) is 0 Å². The molecule has 3 rings (SSSR count). The van der Waals surface area contributed by atoms with Crippen LogP contribution in [0, 0.1) is 0 Å². The van der Waals surface area contributed by atoms with Crippen molar-refractivity contribution in [3.8, 4) is 11.5 Å². The number of aliphatic hydroxyl groups is 1. The summed E-state index contributed by atoms with van der Waals surface area (Å²) in [4.78, 5) is 18.4. The van der Waals surface area contributed by atoms with Gasteiger partial charge in [-0.2, -0.15) is 0 Å². The topological polar surface area (TPSA) is 82.9 Å². The lowest BCUT2D eigenvalue weighted by Gasteiger charge is -2.37. The summed E-state index contributed by atoms with van der Waals surface area (Å²) >= 11 is 0. The van der Waals surface area contributed by atoms with E-state index in [0.717, 1.165) is 12.0 Å². The molecule has 0 radical (unpaired) electrons. The summed E-state index contributed by atoms with van der Waals surface area (Å²) in [5.41, 5.74) is -0.146. The zero-order chi connectivity index (χ0) is 18.0. The van der Waals surface area contributed by atoms with Crippen LogP contribution < -0.4 is 4.74 Å².